The number of hydrogen-bond acceptors (Lipinski definition) is 4. The van der Waals surface area contributed by atoms with E-state index in [9.17, 15) is 0 Å². The Bertz CT molecular complexity index is 686. The number of para-hydroxylation sites is 1. The molecule has 1 aromatic carbocycles. The molecule has 0 saturated carbocycles. The van der Waals surface area contributed by atoms with Crippen molar-refractivity contribution in [3.63, 3.8) is 0 Å². The van der Waals surface area contributed by atoms with E-state index < -0.39 is 0 Å². The molecule has 2 aliphatic heterocycles. The van der Waals surface area contributed by atoms with Crippen LogP contribution in [-0.4, -0.2) is 16.5 Å². The summed E-state index contributed by atoms with van der Waals surface area (Å²) >= 11 is 6.28. The summed E-state index contributed by atoms with van der Waals surface area (Å²) in [4.78, 5) is 10.9. The van der Waals surface area contributed by atoms with Gasteiger partial charge < -0.3 is 10.2 Å². The van der Waals surface area contributed by atoms with Gasteiger partial charge in [0.25, 0.3) is 0 Å². The molecule has 4 rings (SSSR count). The molecule has 1 aromatic heterocycles. The quantitative estimate of drug-likeness (QED) is 0.812. The monoisotopic (exact) mass is 286 g/mol. The van der Waals surface area contributed by atoms with E-state index in [2.05, 4.69) is 45.3 Å². The van der Waals surface area contributed by atoms with Crippen molar-refractivity contribution in [2.24, 2.45) is 0 Å². The summed E-state index contributed by atoms with van der Waals surface area (Å²) < 4.78 is 0. The average Bonchev–Trinajstić information content (AvgIpc) is 2.83. The van der Waals surface area contributed by atoms with Crippen LogP contribution < -0.4 is 10.2 Å². The highest BCUT2D eigenvalue weighted by atomic mass is 35.5. The van der Waals surface area contributed by atoms with Crippen molar-refractivity contribution in [3.05, 3.63) is 40.8 Å². The zero-order valence-electron chi connectivity index (χ0n) is 11.2. The number of benzene rings is 1. The predicted octanol–water partition coefficient (Wildman–Crippen LogP) is 3.70. The lowest BCUT2D eigenvalue weighted by Crippen LogP contribution is -2.15. The van der Waals surface area contributed by atoms with Gasteiger partial charge in [-0.3, -0.25) is 0 Å². The lowest BCUT2D eigenvalue weighted by atomic mass is 9.99. The molecule has 5 heteroatoms. The number of anilines is 3. The highest BCUT2D eigenvalue weighted by Crippen LogP contribution is 2.47. The van der Waals surface area contributed by atoms with Gasteiger partial charge in [-0.25, -0.2) is 9.97 Å². The molecule has 0 fully saturated rings. The summed E-state index contributed by atoms with van der Waals surface area (Å²) in [6.45, 7) is 3.13. The fourth-order valence-electron chi connectivity index (χ4n) is 3.24. The van der Waals surface area contributed by atoms with E-state index >= 15 is 0 Å². The molecule has 2 aromatic rings. The molecule has 0 aliphatic carbocycles. The van der Waals surface area contributed by atoms with E-state index in [1.165, 1.54) is 23.1 Å². The summed E-state index contributed by atoms with van der Waals surface area (Å²) in [5.74, 6) is 0.896. The van der Waals surface area contributed by atoms with Crippen molar-refractivity contribution < 1.29 is 0 Å². The molecule has 0 amide bonds. The van der Waals surface area contributed by atoms with E-state index in [-0.39, 0.29) is 6.04 Å². The van der Waals surface area contributed by atoms with E-state index in [4.69, 9.17) is 11.6 Å². The molecular formula is C15H15ClN4. The van der Waals surface area contributed by atoms with Gasteiger partial charge in [-0.2, -0.15) is 0 Å². The van der Waals surface area contributed by atoms with Crippen LogP contribution in [0.3, 0.4) is 0 Å². The molecule has 20 heavy (non-hydrogen) atoms. The number of nitrogens with zero attached hydrogens (tertiary/aromatic N) is 3. The molecule has 4 nitrogen and oxygen atoms in total. The number of aromatic nitrogens is 2. The van der Waals surface area contributed by atoms with Crippen LogP contribution in [0.5, 0.6) is 0 Å². The van der Waals surface area contributed by atoms with Crippen LogP contribution in [0.15, 0.2) is 24.5 Å². The Hall–Kier alpha value is -1.81. The van der Waals surface area contributed by atoms with Gasteiger partial charge in [-0.05, 0) is 24.0 Å². The Morgan fingerprint density at radius 3 is 3.15 bits per heavy atom. The minimum absolute atomic E-state index is 0.246. The van der Waals surface area contributed by atoms with Crippen molar-refractivity contribution in [2.45, 2.75) is 25.8 Å². The van der Waals surface area contributed by atoms with E-state index in [0.29, 0.717) is 5.15 Å². The van der Waals surface area contributed by atoms with E-state index in [1.54, 1.807) is 0 Å². The molecule has 102 valence electrons. The number of nitrogens with one attached hydrogen (secondary N) is 1. The summed E-state index contributed by atoms with van der Waals surface area (Å²) in [6.07, 6.45) is 3.59. The molecule has 0 saturated heterocycles. The zero-order chi connectivity index (χ0) is 13.7. The van der Waals surface area contributed by atoms with Crippen molar-refractivity contribution in [1.82, 2.24) is 9.97 Å². The van der Waals surface area contributed by atoms with Crippen molar-refractivity contribution >= 4 is 28.8 Å². The SMILES string of the molecule is CCC1Nc2c(Cl)ncnc2N2CCc3cccc1c32. The average molecular weight is 287 g/mol. The second-order valence-electron chi connectivity index (χ2n) is 5.22. The Morgan fingerprint density at radius 2 is 2.30 bits per heavy atom. The maximum absolute atomic E-state index is 6.28. The highest BCUT2D eigenvalue weighted by Gasteiger charge is 2.33. The highest BCUT2D eigenvalue weighted by molar-refractivity contribution is 6.32. The maximum Gasteiger partial charge on any atom is 0.161 e. The first-order chi connectivity index (χ1) is 9.79. The van der Waals surface area contributed by atoms with Gasteiger partial charge in [-0.1, -0.05) is 36.7 Å². The normalized spacial score (nSPS) is 19.1. The fraction of sp³-hybridized carbons (Fsp3) is 0.333. The third-order valence-electron chi connectivity index (χ3n) is 4.16. The van der Waals surface area contributed by atoms with Gasteiger partial charge in [0.1, 0.15) is 12.0 Å². The van der Waals surface area contributed by atoms with Gasteiger partial charge >= 0.3 is 0 Å². The molecular weight excluding hydrogens is 272 g/mol. The summed E-state index contributed by atoms with van der Waals surface area (Å²) in [6, 6.07) is 6.80. The first-order valence-corrected chi connectivity index (χ1v) is 7.33. The molecule has 1 N–H and O–H groups in total. The standard InChI is InChI=1S/C15H15ClN4/c1-2-11-10-5-3-4-9-6-7-20(13(9)10)15-12(19-11)14(16)17-8-18-15/h3-5,8,11,19H,2,6-7H2,1H3. The first kappa shape index (κ1) is 12.0. The van der Waals surface area contributed by atoms with Crippen molar-refractivity contribution in [3.8, 4) is 0 Å². The van der Waals surface area contributed by atoms with Gasteiger partial charge in [-0.15, -0.1) is 0 Å². The Labute approximate surface area is 122 Å². The summed E-state index contributed by atoms with van der Waals surface area (Å²) in [5, 5.41) is 4.02. The maximum atomic E-state index is 6.28. The van der Waals surface area contributed by atoms with E-state index in [1.807, 2.05) is 0 Å². The summed E-state index contributed by atoms with van der Waals surface area (Å²) in [7, 11) is 0. The Kier molecular flexibility index (Phi) is 2.60. The van der Waals surface area contributed by atoms with E-state index in [0.717, 1.165) is 30.9 Å². The van der Waals surface area contributed by atoms with Crippen LogP contribution in [0.25, 0.3) is 0 Å². The van der Waals surface area contributed by atoms with Crippen LogP contribution in [0.2, 0.25) is 5.15 Å². The Morgan fingerprint density at radius 1 is 1.40 bits per heavy atom. The molecule has 1 atom stereocenters. The molecule has 3 heterocycles. The van der Waals surface area contributed by atoms with Crippen LogP contribution in [0.4, 0.5) is 17.2 Å². The topological polar surface area (TPSA) is 41.1 Å². The fourth-order valence-corrected chi connectivity index (χ4v) is 3.42. The number of hydrogen-bond donors (Lipinski definition) is 1. The smallest absolute Gasteiger partial charge is 0.161 e. The molecule has 0 spiro atoms. The Balaban J connectivity index is 2.01. The van der Waals surface area contributed by atoms with Crippen molar-refractivity contribution in [1.29, 1.82) is 0 Å². The third-order valence-corrected chi connectivity index (χ3v) is 4.45. The first-order valence-electron chi connectivity index (χ1n) is 6.96. The number of rotatable bonds is 1. The second kappa shape index (κ2) is 4.35. The molecule has 0 radical (unpaired) electrons. The number of halogens is 1. The van der Waals surface area contributed by atoms with Crippen LogP contribution in [-0.2, 0) is 6.42 Å². The van der Waals surface area contributed by atoms with Gasteiger partial charge in [0, 0.05) is 6.54 Å². The van der Waals surface area contributed by atoms with Crippen molar-refractivity contribution in [2.75, 3.05) is 16.8 Å². The minimum atomic E-state index is 0.246. The largest absolute Gasteiger partial charge is 0.373 e. The van der Waals surface area contributed by atoms with Crippen LogP contribution in [0.1, 0.15) is 30.5 Å². The van der Waals surface area contributed by atoms with Gasteiger partial charge in [0.2, 0.25) is 0 Å². The molecule has 2 aliphatic rings. The van der Waals surface area contributed by atoms with Crippen LogP contribution >= 0.6 is 11.6 Å². The summed E-state index contributed by atoms with van der Waals surface area (Å²) in [5.41, 5.74) is 4.88. The third kappa shape index (κ3) is 1.54. The second-order valence-corrected chi connectivity index (χ2v) is 5.58. The predicted molar refractivity (Wildman–Crippen MR) is 80.8 cm³/mol. The minimum Gasteiger partial charge on any atom is -0.373 e. The van der Waals surface area contributed by atoms with Gasteiger partial charge in [0.15, 0.2) is 11.0 Å². The van der Waals surface area contributed by atoms with Gasteiger partial charge in [0.05, 0.1) is 11.7 Å². The lowest BCUT2D eigenvalue weighted by molar-refractivity contribution is 0.753. The molecule has 0 bridgehead atoms. The van der Waals surface area contributed by atoms with Crippen LogP contribution in [0, 0.1) is 0 Å². The lowest BCUT2D eigenvalue weighted by Gasteiger charge is -2.20. The zero-order valence-corrected chi connectivity index (χ0v) is 12.0. The molecule has 1 unspecified atom stereocenters. The number of fused-ring (bicyclic) bond motifs is 2.